The van der Waals surface area contributed by atoms with Crippen LogP contribution in [0.5, 0.6) is 5.75 Å². The summed E-state index contributed by atoms with van der Waals surface area (Å²) >= 11 is 0. The van der Waals surface area contributed by atoms with Crippen LogP contribution in [-0.4, -0.2) is 17.0 Å². The molecule has 1 atom stereocenters. The molecule has 116 valence electrons. The van der Waals surface area contributed by atoms with Crippen LogP contribution >= 0.6 is 0 Å². The van der Waals surface area contributed by atoms with Crippen molar-refractivity contribution in [2.24, 2.45) is 0 Å². The number of aromatic nitrogens is 1. The zero-order valence-corrected chi connectivity index (χ0v) is 13.5. The molecule has 22 heavy (non-hydrogen) atoms. The molecule has 0 aliphatic rings. The number of nitrogens with one attached hydrogen (secondary N) is 1. The van der Waals surface area contributed by atoms with Crippen molar-refractivity contribution in [2.45, 2.75) is 39.8 Å². The molecule has 1 heterocycles. The molecular formula is C18H22N2O2. The van der Waals surface area contributed by atoms with Crippen LogP contribution in [0, 0.1) is 6.92 Å². The van der Waals surface area contributed by atoms with Gasteiger partial charge in [-0.2, -0.15) is 0 Å². The van der Waals surface area contributed by atoms with Gasteiger partial charge in [0.25, 0.3) is 5.91 Å². The van der Waals surface area contributed by atoms with Gasteiger partial charge in [0.15, 0.2) is 0 Å². The Balaban J connectivity index is 2.13. The van der Waals surface area contributed by atoms with Gasteiger partial charge in [-0.25, -0.2) is 0 Å². The topological polar surface area (TPSA) is 51.2 Å². The number of para-hydroxylation sites is 1. The maximum absolute atomic E-state index is 12.3. The zero-order chi connectivity index (χ0) is 16.1. The fourth-order valence-corrected chi connectivity index (χ4v) is 2.16. The molecule has 0 aliphatic heterocycles. The summed E-state index contributed by atoms with van der Waals surface area (Å²) in [4.78, 5) is 16.4. The molecule has 2 rings (SSSR count). The highest BCUT2D eigenvalue weighted by molar-refractivity contribution is 5.94. The van der Waals surface area contributed by atoms with E-state index in [0.717, 1.165) is 17.0 Å². The van der Waals surface area contributed by atoms with Crippen LogP contribution in [0.3, 0.4) is 0 Å². The summed E-state index contributed by atoms with van der Waals surface area (Å²) in [5, 5.41) is 2.99. The number of carbonyl (C=O) groups is 1. The predicted octanol–water partition coefficient (Wildman–Crippen LogP) is 3.67. The summed E-state index contributed by atoms with van der Waals surface area (Å²) in [6, 6.07) is 11.2. The highest BCUT2D eigenvalue weighted by Crippen LogP contribution is 2.26. The van der Waals surface area contributed by atoms with Gasteiger partial charge in [0, 0.05) is 17.5 Å². The quantitative estimate of drug-likeness (QED) is 0.916. The van der Waals surface area contributed by atoms with Crippen LogP contribution in [0.25, 0.3) is 0 Å². The lowest BCUT2D eigenvalue weighted by Gasteiger charge is -2.19. The second-order valence-corrected chi connectivity index (χ2v) is 5.59. The van der Waals surface area contributed by atoms with E-state index in [4.69, 9.17) is 4.74 Å². The van der Waals surface area contributed by atoms with Gasteiger partial charge in [-0.1, -0.05) is 18.2 Å². The lowest BCUT2D eigenvalue weighted by Crippen LogP contribution is -2.27. The van der Waals surface area contributed by atoms with E-state index in [2.05, 4.69) is 10.3 Å². The molecule has 1 amide bonds. The van der Waals surface area contributed by atoms with Crippen LogP contribution in [0.2, 0.25) is 0 Å². The molecule has 1 unspecified atom stereocenters. The first-order chi connectivity index (χ1) is 10.5. The van der Waals surface area contributed by atoms with Crippen molar-refractivity contribution in [3.05, 3.63) is 59.4 Å². The lowest BCUT2D eigenvalue weighted by atomic mass is 10.1. The van der Waals surface area contributed by atoms with Gasteiger partial charge in [0.2, 0.25) is 0 Å². The number of hydrogen-bond donors (Lipinski definition) is 1. The van der Waals surface area contributed by atoms with E-state index in [1.54, 1.807) is 12.3 Å². The Bertz CT molecular complexity index is 636. The molecule has 4 heteroatoms. The standard InChI is InChI=1S/C18H22N2O2/c1-12(2)22-17-8-6-5-7-16(17)14(4)20-18(21)15-10-9-13(3)19-11-15/h5-12,14H,1-4H3,(H,20,21). The van der Waals surface area contributed by atoms with E-state index in [0.29, 0.717) is 5.56 Å². The highest BCUT2D eigenvalue weighted by atomic mass is 16.5. The molecule has 0 spiro atoms. The van der Waals surface area contributed by atoms with Crippen LogP contribution in [0.1, 0.15) is 48.4 Å². The first-order valence-electron chi connectivity index (χ1n) is 7.46. The number of benzene rings is 1. The van der Waals surface area contributed by atoms with Crippen molar-refractivity contribution in [1.82, 2.24) is 10.3 Å². The van der Waals surface area contributed by atoms with Gasteiger partial charge in [-0.15, -0.1) is 0 Å². The van der Waals surface area contributed by atoms with E-state index in [1.807, 2.05) is 58.0 Å². The second kappa shape index (κ2) is 7.07. The third kappa shape index (κ3) is 4.07. The number of ether oxygens (including phenoxy) is 1. The molecule has 1 aromatic carbocycles. The minimum Gasteiger partial charge on any atom is -0.491 e. The Morgan fingerprint density at radius 2 is 1.86 bits per heavy atom. The predicted molar refractivity (Wildman–Crippen MR) is 87.1 cm³/mol. The van der Waals surface area contributed by atoms with Crippen molar-refractivity contribution in [3.63, 3.8) is 0 Å². The van der Waals surface area contributed by atoms with Gasteiger partial charge in [-0.3, -0.25) is 9.78 Å². The normalized spacial score (nSPS) is 12.0. The van der Waals surface area contributed by atoms with E-state index >= 15 is 0 Å². The lowest BCUT2D eigenvalue weighted by molar-refractivity contribution is 0.0939. The zero-order valence-electron chi connectivity index (χ0n) is 13.5. The third-order valence-electron chi connectivity index (χ3n) is 3.27. The molecular weight excluding hydrogens is 276 g/mol. The molecule has 1 N–H and O–H groups in total. The number of nitrogens with zero attached hydrogens (tertiary/aromatic N) is 1. The highest BCUT2D eigenvalue weighted by Gasteiger charge is 2.15. The van der Waals surface area contributed by atoms with Crippen molar-refractivity contribution >= 4 is 5.91 Å². The molecule has 0 aliphatic carbocycles. The van der Waals surface area contributed by atoms with Crippen molar-refractivity contribution in [2.75, 3.05) is 0 Å². The molecule has 0 fully saturated rings. The molecule has 4 nitrogen and oxygen atoms in total. The summed E-state index contributed by atoms with van der Waals surface area (Å²) in [7, 11) is 0. The number of rotatable bonds is 5. The number of carbonyl (C=O) groups excluding carboxylic acids is 1. The Morgan fingerprint density at radius 1 is 1.14 bits per heavy atom. The average molecular weight is 298 g/mol. The first kappa shape index (κ1) is 16.0. The van der Waals surface area contributed by atoms with E-state index in [1.165, 1.54) is 0 Å². The summed E-state index contributed by atoms with van der Waals surface area (Å²) in [5.41, 5.74) is 2.41. The Labute approximate surface area is 131 Å². The van der Waals surface area contributed by atoms with Gasteiger partial charge in [0.1, 0.15) is 5.75 Å². The molecule has 2 aromatic rings. The fraction of sp³-hybridized carbons (Fsp3) is 0.333. The Morgan fingerprint density at radius 3 is 2.50 bits per heavy atom. The average Bonchev–Trinajstić information content (AvgIpc) is 2.47. The molecule has 0 saturated heterocycles. The monoisotopic (exact) mass is 298 g/mol. The Kier molecular flexibility index (Phi) is 5.15. The SMILES string of the molecule is Cc1ccc(C(=O)NC(C)c2ccccc2OC(C)C)cn1. The van der Waals surface area contributed by atoms with Crippen molar-refractivity contribution in [3.8, 4) is 5.75 Å². The largest absolute Gasteiger partial charge is 0.491 e. The summed E-state index contributed by atoms with van der Waals surface area (Å²) in [6.07, 6.45) is 1.68. The van der Waals surface area contributed by atoms with Gasteiger partial charge in [0.05, 0.1) is 17.7 Å². The molecule has 0 bridgehead atoms. The molecule has 1 aromatic heterocycles. The van der Waals surface area contributed by atoms with Crippen LogP contribution in [0.4, 0.5) is 0 Å². The minimum atomic E-state index is -0.149. The van der Waals surface area contributed by atoms with Gasteiger partial charge in [-0.05, 0) is 45.9 Å². The maximum Gasteiger partial charge on any atom is 0.253 e. The van der Waals surface area contributed by atoms with Gasteiger partial charge >= 0.3 is 0 Å². The van der Waals surface area contributed by atoms with Gasteiger partial charge < -0.3 is 10.1 Å². The van der Waals surface area contributed by atoms with Crippen LogP contribution in [0.15, 0.2) is 42.6 Å². The van der Waals surface area contributed by atoms with Crippen molar-refractivity contribution < 1.29 is 9.53 Å². The minimum absolute atomic E-state index is 0.0883. The molecule has 0 saturated carbocycles. The number of amides is 1. The summed E-state index contributed by atoms with van der Waals surface area (Å²) in [6.45, 7) is 7.81. The summed E-state index contributed by atoms with van der Waals surface area (Å²) < 4.78 is 5.81. The first-order valence-corrected chi connectivity index (χ1v) is 7.46. The van der Waals surface area contributed by atoms with Crippen LogP contribution in [-0.2, 0) is 0 Å². The second-order valence-electron chi connectivity index (χ2n) is 5.59. The van der Waals surface area contributed by atoms with Crippen LogP contribution < -0.4 is 10.1 Å². The van der Waals surface area contributed by atoms with Crippen molar-refractivity contribution in [1.29, 1.82) is 0 Å². The molecule has 0 radical (unpaired) electrons. The third-order valence-corrected chi connectivity index (χ3v) is 3.27. The van der Waals surface area contributed by atoms with E-state index in [9.17, 15) is 4.79 Å². The summed E-state index contributed by atoms with van der Waals surface area (Å²) in [5.74, 6) is 0.659. The fourth-order valence-electron chi connectivity index (χ4n) is 2.16. The maximum atomic E-state index is 12.3. The smallest absolute Gasteiger partial charge is 0.253 e. The van der Waals surface area contributed by atoms with E-state index < -0.39 is 0 Å². The number of hydrogen-bond acceptors (Lipinski definition) is 3. The number of pyridine rings is 1. The Hall–Kier alpha value is -2.36. The number of aryl methyl sites for hydroxylation is 1. The van der Waals surface area contributed by atoms with E-state index in [-0.39, 0.29) is 18.1 Å².